The summed E-state index contributed by atoms with van der Waals surface area (Å²) in [6.07, 6.45) is 1.09. The first kappa shape index (κ1) is 10.4. The Balaban J connectivity index is 2.01. The van der Waals surface area contributed by atoms with Gasteiger partial charge in [-0.2, -0.15) is 0 Å². The van der Waals surface area contributed by atoms with E-state index in [1.165, 1.54) is 16.7 Å². The molecule has 0 aromatic carbocycles. The number of carbonyl (C=O) groups is 1. The van der Waals surface area contributed by atoms with Crippen LogP contribution in [0.2, 0.25) is 0 Å². The van der Waals surface area contributed by atoms with Crippen molar-refractivity contribution in [2.75, 3.05) is 11.9 Å². The average Bonchev–Trinajstić information content (AvgIpc) is 2.77. The highest BCUT2D eigenvalue weighted by Crippen LogP contribution is 2.21. The maximum atomic E-state index is 10.6. The number of hydrogen-bond acceptors (Lipinski definition) is 5. The SMILES string of the molecule is CC1OCCC1Nc1nc(C(=O)O)cs1. The summed E-state index contributed by atoms with van der Waals surface area (Å²) in [4.78, 5) is 14.6. The fraction of sp³-hybridized carbons (Fsp3) is 0.556. The van der Waals surface area contributed by atoms with Crippen LogP contribution in [0.4, 0.5) is 5.13 Å². The minimum atomic E-state index is -0.991. The summed E-state index contributed by atoms with van der Waals surface area (Å²) >= 11 is 1.31. The van der Waals surface area contributed by atoms with Crippen LogP contribution in [0.3, 0.4) is 0 Å². The maximum Gasteiger partial charge on any atom is 0.355 e. The molecule has 0 radical (unpaired) electrons. The first-order chi connectivity index (χ1) is 7.16. The summed E-state index contributed by atoms with van der Waals surface area (Å²) in [6, 6.07) is 0.234. The van der Waals surface area contributed by atoms with Crippen molar-refractivity contribution in [3.05, 3.63) is 11.1 Å². The van der Waals surface area contributed by atoms with Gasteiger partial charge in [-0.15, -0.1) is 11.3 Å². The fourth-order valence-electron chi connectivity index (χ4n) is 1.52. The summed E-state index contributed by atoms with van der Waals surface area (Å²) in [5.41, 5.74) is 0.0917. The molecular weight excluding hydrogens is 216 g/mol. The third-order valence-electron chi connectivity index (χ3n) is 2.41. The van der Waals surface area contributed by atoms with Gasteiger partial charge < -0.3 is 15.2 Å². The molecule has 0 bridgehead atoms. The maximum absolute atomic E-state index is 10.6. The van der Waals surface area contributed by atoms with Crippen LogP contribution < -0.4 is 5.32 Å². The quantitative estimate of drug-likeness (QED) is 0.818. The second-order valence-corrected chi connectivity index (χ2v) is 4.32. The topological polar surface area (TPSA) is 71.5 Å². The lowest BCUT2D eigenvalue weighted by Crippen LogP contribution is -2.26. The van der Waals surface area contributed by atoms with Crippen molar-refractivity contribution < 1.29 is 14.6 Å². The molecule has 5 nitrogen and oxygen atoms in total. The smallest absolute Gasteiger partial charge is 0.355 e. The Morgan fingerprint density at radius 1 is 1.80 bits per heavy atom. The lowest BCUT2D eigenvalue weighted by Gasteiger charge is -2.14. The summed E-state index contributed by atoms with van der Waals surface area (Å²) < 4.78 is 5.39. The number of nitrogens with one attached hydrogen (secondary N) is 1. The molecule has 1 fully saturated rings. The number of nitrogens with zero attached hydrogens (tertiary/aromatic N) is 1. The van der Waals surface area contributed by atoms with Crippen LogP contribution in [0.25, 0.3) is 0 Å². The molecule has 1 aliphatic rings. The van der Waals surface area contributed by atoms with Crippen molar-refractivity contribution in [2.24, 2.45) is 0 Å². The number of ether oxygens (including phenoxy) is 1. The van der Waals surface area contributed by atoms with Crippen molar-refractivity contribution in [3.8, 4) is 0 Å². The van der Waals surface area contributed by atoms with Gasteiger partial charge in [-0.25, -0.2) is 9.78 Å². The number of hydrogen-bond donors (Lipinski definition) is 2. The van der Waals surface area contributed by atoms with E-state index < -0.39 is 5.97 Å². The molecule has 0 aliphatic carbocycles. The van der Waals surface area contributed by atoms with Gasteiger partial charge in [0, 0.05) is 12.0 Å². The van der Waals surface area contributed by atoms with E-state index in [0.29, 0.717) is 5.13 Å². The largest absolute Gasteiger partial charge is 0.476 e. The molecule has 2 rings (SSSR count). The van der Waals surface area contributed by atoms with Gasteiger partial charge in [0.05, 0.1) is 12.1 Å². The van der Waals surface area contributed by atoms with Gasteiger partial charge in [-0.1, -0.05) is 0 Å². The van der Waals surface area contributed by atoms with Gasteiger partial charge in [0.25, 0.3) is 0 Å². The third-order valence-corrected chi connectivity index (χ3v) is 3.18. The fourth-order valence-corrected chi connectivity index (χ4v) is 2.27. The summed E-state index contributed by atoms with van der Waals surface area (Å²) in [7, 11) is 0. The zero-order valence-corrected chi connectivity index (χ0v) is 9.08. The number of carboxylic acid groups (broad SMARTS) is 1. The highest BCUT2D eigenvalue weighted by molar-refractivity contribution is 7.13. The van der Waals surface area contributed by atoms with Crippen LogP contribution in [0.5, 0.6) is 0 Å². The molecule has 2 atom stereocenters. The molecule has 2 unspecified atom stereocenters. The van der Waals surface area contributed by atoms with Gasteiger partial charge in [0.1, 0.15) is 0 Å². The average molecular weight is 228 g/mol. The molecule has 0 saturated carbocycles. The monoisotopic (exact) mass is 228 g/mol. The Morgan fingerprint density at radius 2 is 2.60 bits per heavy atom. The lowest BCUT2D eigenvalue weighted by molar-refractivity contribution is 0.0691. The second-order valence-electron chi connectivity index (χ2n) is 3.46. The van der Waals surface area contributed by atoms with Crippen molar-refractivity contribution in [3.63, 3.8) is 0 Å². The lowest BCUT2D eigenvalue weighted by atomic mass is 10.2. The molecular formula is C9H12N2O3S. The van der Waals surface area contributed by atoms with E-state index in [2.05, 4.69) is 10.3 Å². The Hall–Kier alpha value is -1.14. The van der Waals surface area contributed by atoms with E-state index in [1.807, 2.05) is 6.92 Å². The molecule has 1 saturated heterocycles. The van der Waals surface area contributed by atoms with E-state index in [1.54, 1.807) is 0 Å². The van der Waals surface area contributed by atoms with Crippen molar-refractivity contribution in [1.29, 1.82) is 0 Å². The number of rotatable bonds is 3. The molecule has 6 heteroatoms. The van der Waals surface area contributed by atoms with E-state index >= 15 is 0 Å². The number of anilines is 1. The zero-order valence-electron chi connectivity index (χ0n) is 8.27. The van der Waals surface area contributed by atoms with Gasteiger partial charge in [0.15, 0.2) is 10.8 Å². The van der Waals surface area contributed by atoms with Crippen LogP contribution in [-0.2, 0) is 4.74 Å². The van der Waals surface area contributed by atoms with Crippen molar-refractivity contribution in [2.45, 2.75) is 25.5 Å². The number of thiazole rings is 1. The standard InChI is InChI=1S/C9H12N2O3S/c1-5-6(2-3-14-5)10-9-11-7(4-15-9)8(12)13/h4-6H,2-3H2,1H3,(H,10,11)(H,12,13). The summed E-state index contributed by atoms with van der Waals surface area (Å²) in [5.74, 6) is -0.991. The van der Waals surface area contributed by atoms with Gasteiger partial charge in [-0.05, 0) is 13.3 Å². The Bertz CT molecular complexity index is 366. The highest BCUT2D eigenvalue weighted by atomic mass is 32.1. The molecule has 0 spiro atoms. The molecule has 2 heterocycles. The van der Waals surface area contributed by atoms with Crippen molar-refractivity contribution >= 4 is 22.4 Å². The van der Waals surface area contributed by atoms with Gasteiger partial charge in [-0.3, -0.25) is 0 Å². The first-order valence-electron chi connectivity index (χ1n) is 4.74. The summed E-state index contributed by atoms with van der Waals surface area (Å²) in [6.45, 7) is 2.74. The van der Waals surface area contributed by atoms with Crippen LogP contribution >= 0.6 is 11.3 Å². The molecule has 0 amide bonds. The third kappa shape index (κ3) is 2.27. The first-order valence-corrected chi connectivity index (χ1v) is 5.62. The summed E-state index contributed by atoms with van der Waals surface area (Å²) in [5, 5.41) is 14.1. The van der Waals surface area contributed by atoms with Crippen LogP contribution in [0.15, 0.2) is 5.38 Å². The van der Waals surface area contributed by atoms with Crippen molar-refractivity contribution in [1.82, 2.24) is 4.98 Å². The predicted molar refractivity (Wildman–Crippen MR) is 56.5 cm³/mol. The van der Waals surface area contributed by atoms with E-state index in [0.717, 1.165) is 13.0 Å². The highest BCUT2D eigenvalue weighted by Gasteiger charge is 2.24. The van der Waals surface area contributed by atoms with Crippen LogP contribution in [-0.4, -0.2) is 34.8 Å². The van der Waals surface area contributed by atoms with E-state index in [4.69, 9.17) is 9.84 Å². The van der Waals surface area contributed by atoms with Gasteiger partial charge in [0.2, 0.25) is 0 Å². The predicted octanol–water partition coefficient (Wildman–Crippen LogP) is 1.43. The normalized spacial score (nSPS) is 25.4. The van der Waals surface area contributed by atoms with Gasteiger partial charge >= 0.3 is 5.97 Å². The Morgan fingerprint density at radius 3 is 3.13 bits per heavy atom. The molecule has 2 N–H and O–H groups in total. The molecule has 82 valence electrons. The number of aromatic carboxylic acids is 1. The Labute approximate surface area is 91.1 Å². The molecule has 1 aliphatic heterocycles. The minimum absolute atomic E-state index is 0.0917. The number of aromatic nitrogens is 1. The molecule has 15 heavy (non-hydrogen) atoms. The molecule has 1 aromatic rings. The second kappa shape index (κ2) is 4.16. The Kier molecular flexibility index (Phi) is 2.88. The molecule has 1 aromatic heterocycles. The van der Waals surface area contributed by atoms with E-state index in [-0.39, 0.29) is 17.8 Å². The van der Waals surface area contributed by atoms with E-state index in [9.17, 15) is 4.79 Å². The zero-order chi connectivity index (χ0) is 10.8. The van der Waals surface area contributed by atoms with Crippen LogP contribution in [0.1, 0.15) is 23.8 Å². The van der Waals surface area contributed by atoms with Crippen LogP contribution in [0, 0.1) is 0 Å². The number of carboxylic acids is 1. The minimum Gasteiger partial charge on any atom is -0.476 e.